The first-order valence-electron chi connectivity index (χ1n) is 4.85. The minimum absolute atomic E-state index is 0.0970. The Morgan fingerprint density at radius 2 is 2.07 bits per heavy atom. The van der Waals surface area contributed by atoms with Crippen molar-refractivity contribution in [2.24, 2.45) is 5.73 Å². The monoisotopic (exact) mass is 224 g/mol. The fraction of sp³-hybridized carbons (Fsp3) is 0.889. The van der Waals surface area contributed by atoms with E-state index in [2.05, 4.69) is 0 Å². The number of halogens is 2. The van der Waals surface area contributed by atoms with Gasteiger partial charge in [0.25, 0.3) is 6.43 Å². The molecule has 0 aliphatic carbocycles. The van der Waals surface area contributed by atoms with Gasteiger partial charge in [0.15, 0.2) is 0 Å². The molecule has 4 nitrogen and oxygen atoms in total. The van der Waals surface area contributed by atoms with E-state index in [1.54, 1.807) is 13.8 Å². The highest BCUT2D eigenvalue weighted by molar-refractivity contribution is 5.77. The van der Waals surface area contributed by atoms with Gasteiger partial charge in [0.2, 0.25) is 5.91 Å². The Balaban J connectivity index is 4.04. The van der Waals surface area contributed by atoms with E-state index in [-0.39, 0.29) is 25.8 Å². The maximum atomic E-state index is 12.1. The van der Waals surface area contributed by atoms with Crippen LogP contribution in [0.5, 0.6) is 0 Å². The highest BCUT2D eigenvalue weighted by atomic mass is 19.3. The molecule has 0 aromatic heterocycles. The van der Waals surface area contributed by atoms with Gasteiger partial charge in [-0.2, -0.15) is 0 Å². The van der Waals surface area contributed by atoms with Gasteiger partial charge in [0.05, 0.1) is 12.6 Å². The van der Waals surface area contributed by atoms with Crippen molar-refractivity contribution in [1.82, 2.24) is 4.90 Å². The fourth-order valence-electron chi connectivity index (χ4n) is 0.969. The summed E-state index contributed by atoms with van der Waals surface area (Å²) in [7, 11) is 0. The van der Waals surface area contributed by atoms with Crippen LogP contribution in [0.15, 0.2) is 0 Å². The Labute approximate surface area is 88.4 Å². The van der Waals surface area contributed by atoms with Crippen LogP contribution in [0, 0.1) is 0 Å². The first kappa shape index (κ1) is 14.2. The predicted octanol–water partition coefficient (Wildman–Crippen LogP) is 0.464. The van der Waals surface area contributed by atoms with Gasteiger partial charge in [0, 0.05) is 13.1 Å². The molecule has 0 heterocycles. The zero-order valence-corrected chi connectivity index (χ0v) is 9.08. The van der Waals surface area contributed by atoms with Crippen molar-refractivity contribution in [3.8, 4) is 0 Å². The van der Waals surface area contributed by atoms with E-state index in [0.717, 1.165) is 4.90 Å². The number of carbonyl (C=O) groups is 1. The van der Waals surface area contributed by atoms with Gasteiger partial charge in [-0.3, -0.25) is 4.79 Å². The Bertz CT molecular complexity index is 189. The van der Waals surface area contributed by atoms with Gasteiger partial charge in [-0.25, -0.2) is 8.78 Å². The van der Waals surface area contributed by atoms with Crippen LogP contribution in [0.3, 0.4) is 0 Å². The Morgan fingerprint density at radius 3 is 2.47 bits per heavy atom. The van der Waals surface area contributed by atoms with Crippen molar-refractivity contribution in [2.75, 3.05) is 26.2 Å². The SMILES string of the molecule is CC(C)OCC(=O)N(CCN)CC(F)F. The van der Waals surface area contributed by atoms with Gasteiger partial charge in [0.1, 0.15) is 6.61 Å². The minimum Gasteiger partial charge on any atom is -0.369 e. The number of hydrogen-bond acceptors (Lipinski definition) is 3. The van der Waals surface area contributed by atoms with Gasteiger partial charge in [-0.1, -0.05) is 0 Å². The smallest absolute Gasteiger partial charge is 0.255 e. The molecule has 0 aromatic rings. The lowest BCUT2D eigenvalue weighted by Crippen LogP contribution is -2.41. The molecule has 90 valence electrons. The summed E-state index contributed by atoms with van der Waals surface area (Å²) in [5.74, 6) is -0.450. The molecule has 6 heteroatoms. The number of amides is 1. The molecule has 0 aromatic carbocycles. The molecule has 0 bridgehead atoms. The van der Waals surface area contributed by atoms with Crippen LogP contribution < -0.4 is 5.73 Å². The summed E-state index contributed by atoms with van der Waals surface area (Å²) in [5.41, 5.74) is 5.22. The van der Waals surface area contributed by atoms with Crippen LogP contribution >= 0.6 is 0 Å². The fourth-order valence-corrected chi connectivity index (χ4v) is 0.969. The van der Waals surface area contributed by atoms with E-state index in [0.29, 0.717) is 0 Å². The summed E-state index contributed by atoms with van der Waals surface area (Å²) < 4.78 is 29.2. The van der Waals surface area contributed by atoms with Crippen LogP contribution in [0.2, 0.25) is 0 Å². The lowest BCUT2D eigenvalue weighted by atomic mass is 10.4. The maximum Gasteiger partial charge on any atom is 0.255 e. The number of nitrogens with two attached hydrogens (primary N) is 1. The second kappa shape index (κ2) is 7.53. The summed E-state index contributed by atoms with van der Waals surface area (Å²) in [4.78, 5) is 12.4. The molecule has 15 heavy (non-hydrogen) atoms. The normalized spacial score (nSPS) is 11.1. The molecule has 0 aliphatic rings. The quantitative estimate of drug-likeness (QED) is 0.683. The molecule has 0 saturated carbocycles. The van der Waals surface area contributed by atoms with Crippen LogP contribution in [0.4, 0.5) is 8.78 Å². The molecular formula is C9H18F2N2O2. The summed E-state index contributed by atoms with van der Waals surface area (Å²) in [6.45, 7) is 3.08. The van der Waals surface area contributed by atoms with Crippen LogP contribution in [-0.2, 0) is 9.53 Å². The second-order valence-electron chi connectivity index (χ2n) is 3.38. The van der Waals surface area contributed by atoms with Crippen LogP contribution in [-0.4, -0.2) is 49.6 Å². The van der Waals surface area contributed by atoms with Crippen molar-refractivity contribution in [2.45, 2.75) is 26.4 Å². The van der Waals surface area contributed by atoms with E-state index in [1.165, 1.54) is 0 Å². The van der Waals surface area contributed by atoms with Gasteiger partial charge in [-0.15, -0.1) is 0 Å². The number of alkyl halides is 2. The number of hydrogen-bond donors (Lipinski definition) is 1. The van der Waals surface area contributed by atoms with Gasteiger partial charge >= 0.3 is 0 Å². The zero-order valence-electron chi connectivity index (χ0n) is 9.08. The van der Waals surface area contributed by atoms with Crippen molar-refractivity contribution in [3.05, 3.63) is 0 Å². The van der Waals surface area contributed by atoms with Crippen LogP contribution in [0.1, 0.15) is 13.8 Å². The average Bonchev–Trinajstić information content (AvgIpc) is 2.12. The number of rotatable bonds is 7. The second-order valence-corrected chi connectivity index (χ2v) is 3.38. The summed E-state index contributed by atoms with van der Waals surface area (Å²) in [6, 6.07) is 0. The lowest BCUT2D eigenvalue weighted by Gasteiger charge is -2.21. The topological polar surface area (TPSA) is 55.6 Å². The summed E-state index contributed by atoms with van der Waals surface area (Å²) in [5, 5.41) is 0. The van der Waals surface area contributed by atoms with Gasteiger partial charge in [-0.05, 0) is 13.8 Å². The molecule has 2 N–H and O–H groups in total. The third-order valence-electron chi connectivity index (χ3n) is 1.65. The molecule has 0 rings (SSSR count). The van der Waals surface area contributed by atoms with E-state index in [4.69, 9.17) is 10.5 Å². The third-order valence-corrected chi connectivity index (χ3v) is 1.65. The van der Waals surface area contributed by atoms with Gasteiger partial charge < -0.3 is 15.4 Å². The summed E-state index contributed by atoms with van der Waals surface area (Å²) in [6.07, 6.45) is -2.64. The van der Waals surface area contributed by atoms with E-state index >= 15 is 0 Å². The minimum atomic E-state index is -2.54. The third kappa shape index (κ3) is 7.21. The first-order valence-corrected chi connectivity index (χ1v) is 4.85. The van der Waals surface area contributed by atoms with Crippen molar-refractivity contribution in [3.63, 3.8) is 0 Å². The highest BCUT2D eigenvalue weighted by Crippen LogP contribution is 1.99. The van der Waals surface area contributed by atoms with E-state index < -0.39 is 18.9 Å². The lowest BCUT2D eigenvalue weighted by molar-refractivity contribution is -0.139. The molecule has 0 atom stereocenters. The number of carbonyl (C=O) groups excluding carboxylic acids is 1. The molecular weight excluding hydrogens is 206 g/mol. The number of ether oxygens (including phenoxy) is 1. The predicted molar refractivity (Wildman–Crippen MR) is 52.7 cm³/mol. The molecule has 0 unspecified atom stereocenters. The maximum absolute atomic E-state index is 12.1. The van der Waals surface area contributed by atoms with Crippen molar-refractivity contribution in [1.29, 1.82) is 0 Å². The van der Waals surface area contributed by atoms with Crippen molar-refractivity contribution < 1.29 is 18.3 Å². The van der Waals surface area contributed by atoms with E-state index in [1.807, 2.05) is 0 Å². The molecule has 1 amide bonds. The Morgan fingerprint density at radius 1 is 1.47 bits per heavy atom. The average molecular weight is 224 g/mol. The first-order chi connectivity index (χ1) is 6.97. The Kier molecular flexibility index (Phi) is 7.15. The molecule has 0 spiro atoms. The molecule has 0 aliphatic heterocycles. The summed E-state index contributed by atoms with van der Waals surface area (Å²) >= 11 is 0. The largest absolute Gasteiger partial charge is 0.369 e. The van der Waals surface area contributed by atoms with Crippen LogP contribution in [0.25, 0.3) is 0 Å². The van der Waals surface area contributed by atoms with Crippen molar-refractivity contribution >= 4 is 5.91 Å². The highest BCUT2D eigenvalue weighted by Gasteiger charge is 2.17. The molecule has 0 fully saturated rings. The molecule has 0 saturated heterocycles. The molecule has 0 radical (unpaired) electrons. The zero-order chi connectivity index (χ0) is 11.8. The standard InChI is InChI=1S/C9H18F2N2O2/c1-7(2)15-6-9(14)13(4-3-12)5-8(10)11/h7-8H,3-6,12H2,1-2H3. The van der Waals surface area contributed by atoms with E-state index in [9.17, 15) is 13.6 Å². The Hall–Kier alpha value is -0.750. The number of nitrogens with zero attached hydrogens (tertiary/aromatic N) is 1.